The van der Waals surface area contributed by atoms with Crippen molar-refractivity contribution < 1.29 is 19.4 Å². The summed E-state index contributed by atoms with van der Waals surface area (Å²) in [4.78, 5) is 29.2. The third-order valence-electron chi connectivity index (χ3n) is 4.30. The van der Waals surface area contributed by atoms with Gasteiger partial charge in [0.15, 0.2) is 0 Å². The molecule has 132 valence electrons. The minimum absolute atomic E-state index is 0.0339. The van der Waals surface area contributed by atoms with Crippen molar-refractivity contribution in [3.63, 3.8) is 0 Å². The SMILES string of the molecule is O=C(O)C1CC(=O)N(c2cccc(OCc3nc4ccccc4s3)c2)C1. The molecule has 1 atom stereocenters. The van der Waals surface area contributed by atoms with Crippen LogP contribution in [0.5, 0.6) is 5.75 Å². The van der Waals surface area contributed by atoms with Crippen LogP contribution in [0.1, 0.15) is 11.4 Å². The largest absolute Gasteiger partial charge is 0.486 e. The molecule has 0 bridgehead atoms. The lowest BCUT2D eigenvalue weighted by molar-refractivity contribution is -0.141. The first-order chi connectivity index (χ1) is 12.6. The van der Waals surface area contributed by atoms with Crippen molar-refractivity contribution in [2.75, 3.05) is 11.4 Å². The summed E-state index contributed by atoms with van der Waals surface area (Å²) in [6.45, 7) is 0.532. The van der Waals surface area contributed by atoms with E-state index < -0.39 is 11.9 Å². The first-order valence-electron chi connectivity index (χ1n) is 8.20. The lowest BCUT2D eigenvalue weighted by atomic mass is 10.1. The molecule has 1 aromatic heterocycles. The van der Waals surface area contributed by atoms with Crippen LogP contribution in [0.2, 0.25) is 0 Å². The number of rotatable bonds is 5. The molecule has 1 N–H and O–H groups in total. The lowest BCUT2D eigenvalue weighted by Gasteiger charge is -2.17. The Kier molecular flexibility index (Phi) is 4.30. The van der Waals surface area contributed by atoms with Gasteiger partial charge in [-0.2, -0.15) is 0 Å². The van der Waals surface area contributed by atoms with Gasteiger partial charge in [0.25, 0.3) is 0 Å². The Balaban J connectivity index is 1.47. The molecule has 1 fully saturated rings. The third kappa shape index (κ3) is 3.25. The van der Waals surface area contributed by atoms with Crippen LogP contribution >= 0.6 is 11.3 Å². The molecule has 0 spiro atoms. The molecule has 26 heavy (non-hydrogen) atoms. The summed E-state index contributed by atoms with van der Waals surface area (Å²) in [5.74, 6) is -1.16. The van der Waals surface area contributed by atoms with E-state index in [1.807, 2.05) is 30.3 Å². The average Bonchev–Trinajstić information content (AvgIpc) is 3.23. The van der Waals surface area contributed by atoms with Gasteiger partial charge in [-0.15, -0.1) is 11.3 Å². The molecule has 6 nitrogen and oxygen atoms in total. The van der Waals surface area contributed by atoms with Crippen molar-refractivity contribution in [2.24, 2.45) is 5.92 Å². The number of amides is 1. The van der Waals surface area contributed by atoms with E-state index in [0.29, 0.717) is 18.0 Å². The van der Waals surface area contributed by atoms with Crippen LogP contribution in [-0.4, -0.2) is 28.5 Å². The zero-order chi connectivity index (χ0) is 18.1. The monoisotopic (exact) mass is 368 g/mol. The molecule has 4 rings (SSSR count). The van der Waals surface area contributed by atoms with Gasteiger partial charge in [-0.1, -0.05) is 18.2 Å². The number of anilines is 1. The number of benzene rings is 2. The second-order valence-electron chi connectivity index (χ2n) is 6.10. The van der Waals surface area contributed by atoms with Crippen molar-refractivity contribution in [2.45, 2.75) is 13.0 Å². The number of carbonyl (C=O) groups is 2. The lowest BCUT2D eigenvalue weighted by Crippen LogP contribution is -2.25. The van der Waals surface area contributed by atoms with Crippen LogP contribution < -0.4 is 9.64 Å². The number of carboxylic acid groups (broad SMARTS) is 1. The molecule has 1 saturated heterocycles. The fraction of sp³-hybridized carbons (Fsp3) is 0.211. The van der Waals surface area contributed by atoms with E-state index in [2.05, 4.69) is 4.98 Å². The van der Waals surface area contributed by atoms with Crippen molar-refractivity contribution in [3.8, 4) is 5.75 Å². The molecule has 2 heterocycles. The predicted octanol–water partition coefficient (Wildman–Crippen LogP) is 3.31. The summed E-state index contributed by atoms with van der Waals surface area (Å²) in [5, 5.41) is 9.99. The van der Waals surface area contributed by atoms with Gasteiger partial charge in [0, 0.05) is 24.7 Å². The fourth-order valence-electron chi connectivity index (χ4n) is 2.99. The number of hydrogen-bond acceptors (Lipinski definition) is 5. The number of para-hydroxylation sites is 1. The molecular formula is C19H16N2O4S. The van der Waals surface area contributed by atoms with E-state index in [1.165, 1.54) is 4.90 Å². The van der Waals surface area contributed by atoms with Gasteiger partial charge in [0.1, 0.15) is 17.4 Å². The first-order valence-corrected chi connectivity index (χ1v) is 9.02. The quantitative estimate of drug-likeness (QED) is 0.747. The summed E-state index contributed by atoms with van der Waals surface area (Å²) in [7, 11) is 0. The highest BCUT2D eigenvalue weighted by atomic mass is 32.1. The second-order valence-corrected chi connectivity index (χ2v) is 7.22. The highest BCUT2D eigenvalue weighted by Gasteiger charge is 2.35. The van der Waals surface area contributed by atoms with Gasteiger partial charge >= 0.3 is 5.97 Å². The smallest absolute Gasteiger partial charge is 0.308 e. The van der Waals surface area contributed by atoms with E-state index in [9.17, 15) is 9.59 Å². The topological polar surface area (TPSA) is 79.7 Å². The molecule has 2 aromatic carbocycles. The minimum Gasteiger partial charge on any atom is -0.486 e. The van der Waals surface area contributed by atoms with E-state index in [4.69, 9.17) is 9.84 Å². The summed E-state index contributed by atoms with van der Waals surface area (Å²) in [6, 6.07) is 15.1. The molecule has 0 saturated carbocycles. The van der Waals surface area contributed by atoms with Crippen LogP contribution in [0.15, 0.2) is 48.5 Å². The second kappa shape index (κ2) is 6.76. The molecule has 0 aliphatic carbocycles. The maximum absolute atomic E-state index is 12.1. The number of hydrogen-bond donors (Lipinski definition) is 1. The Bertz CT molecular complexity index is 951. The van der Waals surface area contributed by atoms with Crippen LogP contribution in [-0.2, 0) is 16.2 Å². The zero-order valence-electron chi connectivity index (χ0n) is 13.8. The number of aromatic nitrogens is 1. The van der Waals surface area contributed by atoms with Crippen molar-refractivity contribution in [1.82, 2.24) is 4.98 Å². The molecule has 1 amide bonds. The number of thiazole rings is 1. The average molecular weight is 368 g/mol. The first kappa shape index (κ1) is 16.5. The zero-order valence-corrected chi connectivity index (χ0v) is 14.6. The van der Waals surface area contributed by atoms with Gasteiger partial charge < -0.3 is 14.7 Å². The summed E-state index contributed by atoms with van der Waals surface area (Å²) < 4.78 is 6.94. The third-order valence-corrected chi connectivity index (χ3v) is 5.31. The van der Waals surface area contributed by atoms with Crippen molar-refractivity contribution in [1.29, 1.82) is 0 Å². The summed E-state index contributed by atoms with van der Waals surface area (Å²) >= 11 is 1.58. The molecule has 1 aliphatic rings. The number of carboxylic acids is 1. The van der Waals surface area contributed by atoms with Crippen LogP contribution in [0.3, 0.4) is 0 Å². The van der Waals surface area contributed by atoms with Gasteiger partial charge in [-0.25, -0.2) is 4.98 Å². The minimum atomic E-state index is -0.941. The summed E-state index contributed by atoms with van der Waals surface area (Å²) in [6.07, 6.45) is 0.0339. The van der Waals surface area contributed by atoms with Gasteiger partial charge in [0.05, 0.1) is 16.1 Å². The normalized spacial score (nSPS) is 17.0. The van der Waals surface area contributed by atoms with E-state index in [0.717, 1.165) is 15.2 Å². The van der Waals surface area contributed by atoms with Crippen molar-refractivity contribution in [3.05, 3.63) is 53.5 Å². The Morgan fingerprint density at radius 2 is 2.12 bits per heavy atom. The molecule has 0 radical (unpaired) electrons. The predicted molar refractivity (Wildman–Crippen MR) is 98.5 cm³/mol. The van der Waals surface area contributed by atoms with Crippen LogP contribution in [0.4, 0.5) is 5.69 Å². The van der Waals surface area contributed by atoms with Crippen molar-refractivity contribution >= 4 is 39.1 Å². The fourth-order valence-corrected chi connectivity index (χ4v) is 3.87. The molecule has 1 unspecified atom stereocenters. The van der Waals surface area contributed by atoms with E-state index in [-0.39, 0.29) is 18.9 Å². The van der Waals surface area contributed by atoms with Crippen LogP contribution in [0.25, 0.3) is 10.2 Å². The van der Waals surface area contributed by atoms with E-state index in [1.54, 1.807) is 29.5 Å². The standard InChI is InChI=1S/C19H16N2O4S/c22-18-8-12(19(23)24)10-21(18)13-4-3-5-14(9-13)25-11-17-20-15-6-1-2-7-16(15)26-17/h1-7,9,12H,8,10-11H2,(H,23,24). The number of fused-ring (bicyclic) bond motifs is 1. The van der Waals surface area contributed by atoms with Crippen LogP contribution in [0, 0.1) is 5.92 Å². The highest BCUT2D eigenvalue weighted by molar-refractivity contribution is 7.18. The maximum Gasteiger partial charge on any atom is 0.308 e. The number of nitrogens with zero attached hydrogens (tertiary/aromatic N) is 2. The Labute approximate surface area is 153 Å². The molecule has 1 aliphatic heterocycles. The van der Waals surface area contributed by atoms with Gasteiger partial charge in [0.2, 0.25) is 5.91 Å². The number of ether oxygens (including phenoxy) is 1. The highest BCUT2D eigenvalue weighted by Crippen LogP contribution is 2.29. The molecular weight excluding hydrogens is 352 g/mol. The molecule has 7 heteroatoms. The number of aliphatic carboxylic acids is 1. The Hall–Kier alpha value is -2.93. The Morgan fingerprint density at radius 1 is 1.27 bits per heavy atom. The maximum atomic E-state index is 12.1. The molecule has 3 aromatic rings. The van der Waals surface area contributed by atoms with Gasteiger partial charge in [-0.3, -0.25) is 9.59 Å². The van der Waals surface area contributed by atoms with E-state index >= 15 is 0 Å². The number of carbonyl (C=O) groups excluding carboxylic acids is 1. The van der Waals surface area contributed by atoms with Gasteiger partial charge in [-0.05, 0) is 24.3 Å². The summed E-state index contributed by atoms with van der Waals surface area (Å²) in [5.41, 5.74) is 1.60. The Morgan fingerprint density at radius 3 is 2.88 bits per heavy atom.